The molecule has 3 atom stereocenters. The third-order valence-electron chi connectivity index (χ3n) is 6.79. The first-order chi connectivity index (χ1) is 16.4. The Morgan fingerprint density at radius 1 is 1.15 bits per heavy atom. The monoisotopic (exact) mass is 483 g/mol. The van der Waals surface area contributed by atoms with E-state index in [0.29, 0.717) is 17.8 Å². The number of aliphatic hydroxyl groups is 1. The number of benzene rings is 1. The van der Waals surface area contributed by atoms with E-state index in [9.17, 15) is 14.7 Å². The molecule has 0 radical (unpaired) electrons. The minimum absolute atomic E-state index is 0.160. The maximum atomic E-state index is 12.4. The molecule has 0 saturated carbocycles. The number of nitrogens with zero attached hydrogens (tertiary/aromatic N) is 1. The number of rotatable bonds is 14. The van der Waals surface area contributed by atoms with Crippen molar-refractivity contribution in [3.05, 3.63) is 63.9 Å². The number of hydrogen-bond acceptors (Lipinski definition) is 4. The number of carboxylic acid groups (broad SMARTS) is 1. The summed E-state index contributed by atoms with van der Waals surface area (Å²) in [5, 5.41) is 19.7. The van der Waals surface area contributed by atoms with Gasteiger partial charge in [0, 0.05) is 23.9 Å². The molecule has 1 aromatic carbocycles. The van der Waals surface area contributed by atoms with Crippen LogP contribution in [0.3, 0.4) is 0 Å². The highest BCUT2D eigenvalue weighted by molar-refractivity contribution is 7.14. The zero-order chi connectivity index (χ0) is 24.3. The van der Waals surface area contributed by atoms with E-state index < -0.39 is 5.97 Å². The predicted molar refractivity (Wildman–Crippen MR) is 138 cm³/mol. The molecule has 2 N–H and O–H groups in total. The highest BCUT2D eigenvalue weighted by Gasteiger charge is 2.30. The second-order valence-corrected chi connectivity index (χ2v) is 10.5. The molecule has 1 aliphatic rings. The Morgan fingerprint density at radius 3 is 2.68 bits per heavy atom. The molecular formula is C28H37NO4S. The van der Waals surface area contributed by atoms with Crippen molar-refractivity contribution in [2.45, 2.75) is 76.9 Å². The molecule has 5 nitrogen and oxygen atoms in total. The molecule has 6 heteroatoms. The highest BCUT2D eigenvalue weighted by atomic mass is 32.1. The Balaban J connectivity index is 1.35. The summed E-state index contributed by atoms with van der Waals surface area (Å²) in [5.74, 6) is -0.489. The van der Waals surface area contributed by atoms with Gasteiger partial charge in [0.15, 0.2) is 0 Å². The van der Waals surface area contributed by atoms with Gasteiger partial charge >= 0.3 is 5.97 Å². The van der Waals surface area contributed by atoms with Crippen LogP contribution in [0.2, 0.25) is 0 Å². The summed E-state index contributed by atoms with van der Waals surface area (Å²) in [6.07, 6.45) is 12.1. The van der Waals surface area contributed by atoms with Crippen molar-refractivity contribution in [2.24, 2.45) is 5.92 Å². The van der Waals surface area contributed by atoms with Crippen LogP contribution < -0.4 is 0 Å². The molecule has 0 unspecified atom stereocenters. The summed E-state index contributed by atoms with van der Waals surface area (Å²) in [4.78, 5) is 26.5. The third-order valence-corrected chi connectivity index (χ3v) is 7.83. The van der Waals surface area contributed by atoms with Crippen LogP contribution >= 0.6 is 11.3 Å². The molecule has 184 valence electrons. The largest absolute Gasteiger partial charge is 0.477 e. The van der Waals surface area contributed by atoms with E-state index in [-0.39, 0.29) is 24.0 Å². The van der Waals surface area contributed by atoms with Gasteiger partial charge in [-0.05, 0) is 68.2 Å². The van der Waals surface area contributed by atoms with E-state index in [4.69, 9.17) is 5.11 Å². The number of aryl methyl sites for hydroxylation is 1. The smallest absolute Gasteiger partial charge is 0.345 e. The van der Waals surface area contributed by atoms with Gasteiger partial charge in [0.25, 0.3) is 0 Å². The molecule has 1 amide bonds. The van der Waals surface area contributed by atoms with Gasteiger partial charge in [-0.3, -0.25) is 4.79 Å². The standard InChI is InChI=1S/C28H37NO4S/c1-21(9-4-2-5-10-22-11-6-3-7-12-22)25(30)17-14-23-15-19-27(31)29(23)20-8-13-24-16-18-26(34-24)28(32)33/h3,6-8,11-13,16,18,21,23,25,30H,2,4-5,9-10,14-15,17,19-20H2,1H3,(H,32,33)/b13-8-/t21-,23-,25+/m0/s1. The normalized spacial score (nSPS) is 18.0. The van der Waals surface area contributed by atoms with Crippen LogP contribution in [0.4, 0.5) is 0 Å². The summed E-state index contributed by atoms with van der Waals surface area (Å²) >= 11 is 1.23. The maximum Gasteiger partial charge on any atom is 0.345 e. The number of thiophene rings is 1. The van der Waals surface area contributed by atoms with E-state index in [0.717, 1.165) is 43.4 Å². The van der Waals surface area contributed by atoms with Gasteiger partial charge in [-0.25, -0.2) is 4.79 Å². The maximum absolute atomic E-state index is 12.4. The number of likely N-dealkylation sites (tertiary alicyclic amines) is 1. The summed E-state index contributed by atoms with van der Waals surface area (Å²) in [5.41, 5.74) is 1.39. The fourth-order valence-corrected chi connectivity index (χ4v) is 5.42. The Kier molecular flexibility index (Phi) is 10.4. The van der Waals surface area contributed by atoms with E-state index in [1.54, 1.807) is 12.1 Å². The fourth-order valence-electron chi connectivity index (χ4n) is 4.64. The van der Waals surface area contributed by atoms with Crippen LogP contribution in [0.1, 0.15) is 78.4 Å². The summed E-state index contributed by atoms with van der Waals surface area (Å²) in [6.45, 7) is 2.66. The SMILES string of the molecule is C[C@@H](CCCCCc1ccccc1)[C@H](O)CC[C@H]1CCC(=O)N1C/C=C\c1ccc(C(=O)O)s1. The fraction of sp³-hybridized carbons (Fsp3) is 0.500. The first-order valence-corrected chi connectivity index (χ1v) is 13.3. The molecule has 0 spiro atoms. The van der Waals surface area contributed by atoms with E-state index in [1.165, 1.54) is 29.7 Å². The second kappa shape index (κ2) is 13.4. The lowest BCUT2D eigenvalue weighted by Gasteiger charge is -2.26. The van der Waals surface area contributed by atoms with Gasteiger partial charge in [-0.1, -0.05) is 56.2 Å². The molecule has 1 aliphatic heterocycles. The molecule has 2 heterocycles. The highest BCUT2D eigenvalue weighted by Crippen LogP contribution is 2.26. The number of carbonyl (C=O) groups excluding carboxylic acids is 1. The van der Waals surface area contributed by atoms with Crippen molar-refractivity contribution in [1.82, 2.24) is 4.90 Å². The zero-order valence-corrected chi connectivity index (χ0v) is 20.9. The zero-order valence-electron chi connectivity index (χ0n) is 20.1. The molecule has 2 aromatic rings. The van der Waals surface area contributed by atoms with E-state index in [1.807, 2.05) is 23.1 Å². The average molecular weight is 484 g/mol. The van der Waals surface area contributed by atoms with E-state index >= 15 is 0 Å². The lowest BCUT2D eigenvalue weighted by Crippen LogP contribution is -2.34. The van der Waals surface area contributed by atoms with Crippen molar-refractivity contribution in [3.63, 3.8) is 0 Å². The van der Waals surface area contributed by atoms with Crippen molar-refractivity contribution < 1.29 is 19.8 Å². The summed E-state index contributed by atoms with van der Waals surface area (Å²) < 4.78 is 0. The van der Waals surface area contributed by atoms with Crippen LogP contribution in [-0.4, -0.2) is 45.7 Å². The van der Waals surface area contributed by atoms with E-state index in [2.05, 4.69) is 31.2 Å². The van der Waals surface area contributed by atoms with Crippen LogP contribution in [0.25, 0.3) is 6.08 Å². The van der Waals surface area contributed by atoms with Crippen LogP contribution in [0, 0.1) is 5.92 Å². The van der Waals surface area contributed by atoms with Gasteiger partial charge in [0.1, 0.15) is 4.88 Å². The van der Waals surface area contributed by atoms with Gasteiger partial charge in [0.05, 0.1) is 6.10 Å². The number of unbranched alkanes of at least 4 members (excludes halogenated alkanes) is 2. The molecule has 34 heavy (non-hydrogen) atoms. The van der Waals surface area contributed by atoms with Crippen molar-refractivity contribution in [2.75, 3.05) is 6.54 Å². The number of amides is 1. The van der Waals surface area contributed by atoms with Crippen molar-refractivity contribution in [3.8, 4) is 0 Å². The lowest BCUT2D eigenvalue weighted by atomic mass is 9.92. The number of carbonyl (C=O) groups is 2. The number of aromatic carboxylic acids is 1. The molecule has 1 fully saturated rings. The molecule has 0 bridgehead atoms. The first-order valence-electron chi connectivity index (χ1n) is 12.4. The lowest BCUT2D eigenvalue weighted by molar-refractivity contribution is -0.128. The number of aliphatic hydroxyl groups excluding tert-OH is 1. The Bertz CT molecular complexity index is 939. The molecule has 0 aliphatic carbocycles. The Labute approximate surface area is 207 Å². The molecule has 3 rings (SSSR count). The predicted octanol–water partition coefficient (Wildman–Crippen LogP) is 6.03. The topological polar surface area (TPSA) is 77.8 Å². The van der Waals surface area contributed by atoms with Crippen molar-refractivity contribution in [1.29, 1.82) is 0 Å². The quantitative estimate of drug-likeness (QED) is 0.322. The molecule has 1 saturated heterocycles. The summed E-state index contributed by atoms with van der Waals surface area (Å²) in [7, 11) is 0. The average Bonchev–Trinajstić information content (AvgIpc) is 3.45. The first kappa shape index (κ1) is 26.2. The minimum atomic E-state index is -0.917. The van der Waals surface area contributed by atoms with Crippen LogP contribution in [0.5, 0.6) is 0 Å². The van der Waals surface area contributed by atoms with Crippen LogP contribution in [-0.2, 0) is 11.2 Å². The van der Waals surface area contributed by atoms with Gasteiger partial charge in [-0.15, -0.1) is 11.3 Å². The van der Waals surface area contributed by atoms with Gasteiger partial charge in [-0.2, -0.15) is 0 Å². The molecule has 1 aromatic heterocycles. The second-order valence-electron chi connectivity index (χ2n) is 9.36. The van der Waals surface area contributed by atoms with Crippen LogP contribution in [0.15, 0.2) is 48.5 Å². The summed E-state index contributed by atoms with van der Waals surface area (Å²) in [6, 6.07) is 14.1. The van der Waals surface area contributed by atoms with Gasteiger partial charge in [0.2, 0.25) is 5.91 Å². The minimum Gasteiger partial charge on any atom is -0.477 e. The third kappa shape index (κ3) is 8.10. The number of carboxylic acids is 1. The Hall–Kier alpha value is -2.44. The molecular weight excluding hydrogens is 446 g/mol. The number of hydrogen-bond donors (Lipinski definition) is 2. The van der Waals surface area contributed by atoms with Gasteiger partial charge < -0.3 is 15.1 Å². The Morgan fingerprint density at radius 2 is 1.94 bits per heavy atom. The van der Waals surface area contributed by atoms with Crippen molar-refractivity contribution >= 4 is 29.3 Å².